The molecule has 1 aromatic rings. The molecule has 0 spiro atoms. The lowest BCUT2D eigenvalue weighted by Gasteiger charge is -2.12. The summed E-state index contributed by atoms with van der Waals surface area (Å²) in [5.41, 5.74) is 1.15. The molecule has 1 fully saturated rings. The van der Waals surface area contributed by atoms with Crippen LogP contribution in [-0.4, -0.2) is 44.3 Å². The summed E-state index contributed by atoms with van der Waals surface area (Å²) >= 11 is 5.77. The monoisotopic (exact) mass is 452 g/mol. The van der Waals surface area contributed by atoms with E-state index in [2.05, 4.69) is 20.6 Å². The molecular formula is C16H26ClIN4O. The maximum Gasteiger partial charge on any atom is 0.190 e. The number of guanidine groups is 1. The van der Waals surface area contributed by atoms with Gasteiger partial charge in [0, 0.05) is 39.5 Å². The van der Waals surface area contributed by atoms with Crippen molar-refractivity contribution < 1.29 is 4.74 Å². The first-order valence-corrected chi connectivity index (χ1v) is 8.28. The average molecular weight is 453 g/mol. The lowest BCUT2D eigenvalue weighted by atomic mass is 10.2. The molecule has 0 saturated heterocycles. The van der Waals surface area contributed by atoms with E-state index in [1.165, 1.54) is 12.8 Å². The Hall–Kier alpha value is -0.600. The minimum atomic E-state index is 0. The largest absolute Gasteiger partial charge is 0.381 e. The van der Waals surface area contributed by atoms with Crippen molar-refractivity contribution in [2.45, 2.75) is 25.7 Å². The predicted molar refractivity (Wildman–Crippen MR) is 106 cm³/mol. The summed E-state index contributed by atoms with van der Waals surface area (Å²) in [7, 11) is 1.78. The standard InChI is InChI=1S/C16H25ClN4O.HI/c1-18-16(19-8-2-10-22-12-14-3-4-14)20-9-7-13-5-6-15(17)21-11-13;/h5-6,11,14H,2-4,7-10,12H2,1H3,(H2,18,19,20);1H. The number of hydrogen-bond donors (Lipinski definition) is 2. The van der Waals surface area contributed by atoms with Crippen molar-refractivity contribution in [1.29, 1.82) is 0 Å². The number of aromatic nitrogens is 1. The summed E-state index contributed by atoms with van der Waals surface area (Å²) in [6.45, 7) is 3.42. The summed E-state index contributed by atoms with van der Waals surface area (Å²) in [5, 5.41) is 7.11. The molecule has 0 atom stereocenters. The maximum atomic E-state index is 5.77. The van der Waals surface area contributed by atoms with Gasteiger partial charge in [0.15, 0.2) is 5.96 Å². The van der Waals surface area contributed by atoms with Gasteiger partial charge in [-0.1, -0.05) is 17.7 Å². The van der Waals surface area contributed by atoms with Gasteiger partial charge in [0.25, 0.3) is 0 Å². The summed E-state index contributed by atoms with van der Waals surface area (Å²) < 4.78 is 5.60. The van der Waals surface area contributed by atoms with Crippen molar-refractivity contribution in [1.82, 2.24) is 15.6 Å². The van der Waals surface area contributed by atoms with Crippen molar-refractivity contribution in [3.8, 4) is 0 Å². The van der Waals surface area contributed by atoms with Crippen LogP contribution in [-0.2, 0) is 11.2 Å². The van der Waals surface area contributed by atoms with Gasteiger partial charge < -0.3 is 15.4 Å². The molecule has 0 radical (unpaired) electrons. The second kappa shape index (κ2) is 11.9. The maximum absolute atomic E-state index is 5.77. The Morgan fingerprint density at radius 2 is 2.13 bits per heavy atom. The van der Waals surface area contributed by atoms with Crippen LogP contribution in [0.15, 0.2) is 23.3 Å². The molecule has 0 amide bonds. The molecule has 5 nitrogen and oxygen atoms in total. The third-order valence-electron chi connectivity index (χ3n) is 3.53. The van der Waals surface area contributed by atoms with E-state index in [0.29, 0.717) is 5.15 Å². The van der Waals surface area contributed by atoms with Crippen molar-refractivity contribution in [2.75, 3.05) is 33.4 Å². The second-order valence-electron chi connectivity index (χ2n) is 5.54. The highest BCUT2D eigenvalue weighted by Gasteiger charge is 2.20. The van der Waals surface area contributed by atoms with Crippen molar-refractivity contribution in [3.05, 3.63) is 29.0 Å². The minimum Gasteiger partial charge on any atom is -0.381 e. The molecule has 0 bridgehead atoms. The number of pyridine rings is 1. The number of hydrogen-bond acceptors (Lipinski definition) is 3. The van der Waals surface area contributed by atoms with Crippen LogP contribution in [0.2, 0.25) is 5.15 Å². The Labute approximate surface area is 160 Å². The fourth-order valence-electron chi connectivity index (χ4n) is 2.02. The Balaban J connectivity index is 0.00000264. The number of ether oxygens (including phenoxy) is 1. The molecule has 7 heteroatoms. The normalized spacial score (nSPS) is 14.3. The van der Waals surface area contributed by atoms with E-state index in [1.807, 2.05) is 12.1 Å². The Bertz CT molecular complexity index is 466. The SMILES string of the molecule is CN=C(NCCCOCC1CC1)NCCc1ccc(Cl)nc1.I. The average Bonchev–Trinajstić information content (AvgIpc) is 3.35. The van der Waals surface area contributed by atoms with E-state index < -0.39 is 0 Å². The molecule has 1 heterocycles. The lowest BCUT2D eigenvalue weighted by Crippen LogP contribution is -2.39. The second-order valence-corrected chi connectivity index (χ2v) is 5.92. The summed E-state index contributed by atoms with van der Waals surface area (Å²) in [4.78, 5) is 8.28. The highest BCUT2D eigenvalue weighted by atomic mass is 127. The predicted octanol–water partition coefficient (Wildman–Crippen LogP) is 2.88. The first-order chi connectivity index (χ1) is 10.8. The van der Waals surface area contributed by atoms with Gasteiger partial charge in [-0.15, -0.1) is 24.0 Å². The number of aliphatic imine (C=N–C) groups is 1. The van der Waals surface area contributed by atoms with Crippen molar-refractivity contribution in [2.24, 2.45) is 10.9 Å². The van der Waals surface area contributed by atoms with Crippen LogP contribution in [0.3, 0.4) is 0 Å². The smallest absolute Gasteiger partial charge is 0.190 e. The third kappa shape index (κ3) is 9.32. The van der Waals surface area contributed by atoms with E-state index in [0.717, 1.165) is 56.6 Å². The topological polar surface area (TPSA) is 58.5 Å². The zero-order chi connectivity index (χ0) is 15.6. The van der Waals surface area contributed by atoms with Gasteiger partial charge in [-0.2, -0.15) is 0 Å². The summed E-state index contributed by atoms with van der Waals surface area (Å²) in [5.74, 6) is 1.66. The molecule has 1 saturated carbocycles. The Morgan fingerprint density at radius 3 is 2.78 bits per heavy atom. The van der Waals surface area contributed by atoms with Crippen LogP contribution in [0.25, 0.3) is 0 Å². The van der Waals surface area contributed by atoms with E-state index in [9.17, 15) is 0 Å². The van der Waals surface area contributed by atoms with Crippen molar-refractivity contribution >= 4 is 41.5 Å². The fourth-order valence-corrected chi connectivity index (χ4v) is 2.13. The van der Waals surface area contributed by atoms with Crippen LogP contribution >= 0.6 is 35.6 Å². The molecule has 1 aliphatic carbocycles. The molecule has 130 valence electrons. The molecule has 0 aliphatic heterocycles. The van der Waals surface area contributed by atoms with Gasteiger partial charge in [0.05, 0.1) is 0 Å². The third-order valence-corrected chi connectivity index (χ3v) is 3.75. The minimum absolute atomic E-state index is 0. The van der Waals surface area contributed by atoms with Gasteiger partial charge in [0.1, 0.15) is 5.15 Å². The summed E-state index contributed by atoms with van der Waals surface area (Å²) in [6, 6.07) is 3.80. The number of nitrogens with zero attached hydrogens (tertiary/aromatic N) is 2. The van der Waals surface area contributed by atoms with E-state index in [4.69, 9.17) is 16.3 Å². The molecular weight excluding hydrogens is 427 g/mol. The highest BCUT2D eigenvalue weighted by Crippen LogP contribution is 2.28. The van der Waals surface area contributed by atoms with Crippen LogP contribution in [0.1, 0.15) is 24.8 Å². The first-order valence-electron chi connectivity index (χ1n) is 7.90. The molecule has 0 aromatic carbocycles. The van der Waals surface area contributed by atoms with Crippen LogP contribution in [0.5, 0.6) is 0 Å². The Morgan fingerprint density at radius 1 is 1.35 bits per heavy atom. The molecule has 1 aromatic heterocycles. The highest BCUT2D eigenvalue weighted by molar-refractivity contribution is 14.0. The zero-order valence-electron chi connectivity index (χ0n) is 13.6. The van der Waals surface area contributed by atoms with Gasteiger partial charge in [-0.25, -0.2) is 4.98 Å². The fraction of sp³-hybridized carbons (Fsp3) is 0.625. The van der Waals surface area contributed by atoms with Crippen LogP contribution in [0.4, 0.5) is 0 Å². The number of nitrogens with one attached hydrogen (secondary N) is 2. The molecule has 0 unspecified atom stereocenters. The van der Waals surface area contributed by atoms with Gasteiger partial charge in [-0.05, 0) is 43.2 Å². The van der Waals surface area contributed by atoms with Crippen LogP contribution < -0.4 is 10.6 Å². The van der Waals surface area contributed by atoms with Crippen molar-refractivity contribution in [3.63, 3.8) is 0 Å². The molecule has 23 heavy (non-hydrogen) atoms. The first kappa shape index (κ1) is 20.4. The quantitative estimate of drug-likeness (QED) is 0.199. The van der Waals surface area contributed by atoms with Gasteiger partial charge in [0.2, 0.25) is 0 Å². The number of halogens is 2. The molecule has 1 aliphatic rings. The lowest BCUT2D eigenvalue weighted by molar-refractivity contribution is 0.123. The van der Waals surface area contributed by atoms with Gasteiger partial charge >= 0.3 is 0 Å². The summed E-state index contributed by atoms with van der Waals surface area (Å²) in [6.07, 6.45) is 6.37. The van der Waals surface area contributed by atoms with E-state index >= 15 is 0 Å². The molecule has 2 N–H and O–H groups in total. The molecule has 2 rings (SSSR count). The number of rotatable bonds is 9. The zero-order valence-corrected chi connectivity index (χ0v) is 16.6. The van der Waals surface area contributed by atoms with Gasteiger partial charge in [-0.3, -0.25) is 4.99 Å². The van der Waals surface area contributed by atoms with E-state index in [1.54, 1.807) is 13.2 Å². The Kier molecular flexibility index (Phi) is 10.5. The van der Waals surface area contributed by atoms with Crippen LogP contribution in [0, 0.1) is 5.92 Å². The van der Waals surface area contributed by atoms with E-state index in [-0.39, 0.29) is 24.0 Å².